The maximum absolute atomic E-state index is 12.4. The van der Waals surface area contributed by atoms with Crippen LogP contribution in [0.5, 0.6) is 5.75 Å². The predicted molar refractivity (Wildman–Crippen MR) is 123 cm³/mol. The molecule has 0 atom stereocenters. The van der Waals surface area contributed by atoms with Crippen LogP contribution in [-0.2, 0) is 11.4 Å². The number of amides is 1. The first-order valence-corrected chi connectivity index (χ1v) is 10.3. The normalized spacial score (nSPS) is 10.6. The van der Waals surface area contributed by atoms with Gasteiger partial charge in [0, 0.05) is 5.56 Å². The van der Waals surface area contributed by atoms with Gasteiger partial charge in [-0.05, 0) is 57.9 Å². The standard InChI is InChI=1S/C24H15BrClN3O2/c25-20-12-16(9-10-23(20)31-15-18-6-2-1-5-17(18)13-27)11-19(14-28)24(30)29-22-8-4-3-7-21(22)26/h1-12H,15H2,(H,29,30)/b19-11+. The number of ether oxygens (including phenoxy) is 1. The minimum atomic E-state index is -0.555. The zero-order chi connectivity index (χ0) is 22.2. The summed E-state index contributed by atoms with van der Waals surface area (Å²) in [6.07, 6.45) is 1.48. The van der Waals surface area contributed by atoms with Crippen molar-refractivity contribution in [3.8, 4) is 17.9 Å². The van der Waals surface area contributed by atoms with Crippen molar-refractivity contribution in [2.75, 3.05) is 5.32 Å². The summed E-state index contributed by atoms with van der Waals surface area (Å²) in [6.45, 7) is 0.237. The Morgan fingerprint density at radius 3 is 2.55 bits per heavy atom. The van der Waals surface area contributed by atoms with Crippen LogP contribution in [0.15, 0.2) is 76.8 Å². The van der Waals surface area contributed by atoms with E-state index in [2.05, 4.69) is 27.3 Å². The molecule has 1 N–H and O–H groups in total. The van der Waals surface area contributed by atoms with Gasteiger partial charge in [-0.1, -0.05) is 48.0 Å². The zero-order valence-corrected chi connectivity index (χ0v) is 18.4. The maximum Gasteiger partial charge on any atom is 0.266 e. The molecule has 7 heteroatoms. The number of carbonyl (C=O) groups is 1. The average Bonchev–Trinajstić information content (AvgIpc) is 2.78. The van der Waals surface area contributed by atoms with E-state index in [1.54, 1.807) is 54.6 Å². The highest BCUT2D eigenvalue weighted by atomic mass is 79.9. The van der Waals surface area contributed by atoms with Crippen molar-refractivity contribution in [3.63, 3.8) is 0 Å². The number of nitrogens with zero attached hydrogens (tertiary/aromatic N) is 2. The number of halogens is 2. The summed E-state index contributed by atoms with van der Waals surface area (Å²) in [5, 5.41) is 21.6. The second-order valence-corrected chi connectivity index (χ2v) is 7.61. The molecule has 0 bridgehead atoms. The van der Waals surface area contributed by atoms with Crippen molar-refractivity contribution >= 4 is 45.2 Å². The summed E-state index contributed by atoms with van der Waals surface area (Å²) < 4.78 is 6.47. The third-order valence-corrected chi connectivity index (χ3v) is 5.22. The predicted octanol–water partition coefficient (Wildman–Crippen LogP) is 6.10. The largest absolute Gasteiger partial charge is 0.488 e. The molecule has 1 amide bonds. The van der Waals surface area contributed by atoms with E-state index in [1.807, 2.05) is 18.2 Å². The SMILES string of the molecule is N#C/C(=C\c1ccc(OCc2ccccc2C#N)c(Br)c1)C(=O)Nc1ccccc1Cl. The molecule has 5 nitrogen and oxygen atoms in total. The fourth-order valence-electron chi connectivity index (χ4n) is 2.70. The van der Waals surface area contributed by atoms with Gasteiger partial charge in [-0.3, -0.25) is 4.79 Å². The van der Waals surface area contributed by atoms with Crippen LogP contribution in [0.1, 0.15) is 16.7 Å². The second kappa shape index (κ2) is 10.4. The van der Waals surface area contributed by atoms with Crippen molar-refractivity contribution in [1.82, 2.24) is 0 Å². The number of carbonyl (C=O) groups excluding carboxylic acids is 1. The number of nitriles is 2. The van der Waals surface area contributed by atoms with Gasteiger partial charge in [0.25, 0.3) is 5.91 Å². The van der Waals surface area contributed by atoms with Crippen LogP contribution in [0.2, 0.25) is 5.02 Å². The smallest absolute Gasteiger partial charge is 0.266 e. The molecule has 0 saturated carbocycles. The molecule has 0 radical (unpaired) electrons. The lowest BCUT2D eigenvalue weighted by molar-refractivity contribution is -0.112. The molecule has 0 saturated heterocycles. The number of hydrogen-bond donors (Lipinski definition) is 1. The van der Waals surface area contributed by atoms with Crippen LogP contribution >= 0.6 is 27.5 Å². The van der Waals surface area contributed by atoms with E-state index >= 15 is 0 Å². The number of hydrogen-bond acceptors (Lipinski definition) is 4. The summed E-state index contributed by atoms with van der Waals surface area (Å²) in [5.74, 6) is 0.0177. The molecular weight excluding hydrogens is 478 g/mol. The Hall–Kier alpha value is -3.58. The van der Waals surface area contributed by atoms with Crippen molar-refractivity contribution in [2.45, 2.75) is 6.61 Å². The summed E-state index contributed by atoms with van der Waals surface area (Å²) in [7, 11) is 0. The summed E-state index contributed by atoms with van der Waals surface area (Å²) in [6, 6.07) is 23.3. The molecule has 0 aliphatic rings. The van der Waals surface area contributed by atoms with E-state index in [9.17, 15) is 15.3 Å². The van der Waals surface area contributed by atoms with Crippen LogP contribution in [-0.4, -0.2) is 5.91 Å². The number of benzene rings is 3. The summed E-state index contributed by atoms with van der Waals surface area (Å²) >= 11 is 9.50. The Morgan fingerprint density at radius 2 is 1.84 bits per heavy atom. The van der Waals surface area contributed by atoms with Crippen LogP contribution in [0, 0.1) is 22.7 Å². The lowest BCUT2D eigenvalue weighted by Crippen LogP contribution is -2.13. The topological polar surface area (TPSA) is 85.9 Å². The lowest BCUT2D eigenvalue weighted by atomic mass is 10.1. The highest BCUT2D eigenvalue weighted by molar-refractivity contribution is 9.10. The quantitative estimate of drug-likeness (QED) is 0.333. The highest BCUT2D eigenvalue weighted by Crippen LogP contribution is 2.28. The van der Waals surface area contributed by atoms with Gasteiger partial charge in [-0.2, -0.15) is 10.5 Å². The fraction of sp³-hybridized carbons (Fsp3) is 0.0417. The molecule has 3 aromatic carbocycles. The van der Waals surface area contributed by atoms with Crippen LogP contribution in [0.3, 0.4) is 0 Å². The van der Waals surface area contributed by atoms with E-state index < -0.39 is 5.91 Å². The van der Waals surface area contributed by atoms with Gasteiger partial charge in [0.2, 0.25) is 0 Å². The molecule has 0 spiro atoms. The average molecular weight is 493 g/mol. The minimum Gasteiger partial charge on any atom is -0.488 e. The van der Waals surface area contributed by atoms with Crippen molar-refractivity contribution in [1.29, 1.82) is 10.5 Å². The molecule has 3 aromatic rings. The van der Waals surface area contributed by atoms with E-state index in [4.69, 9.17) is 16.3 Å². The molecule has 0 aliphatic carbocycles. The number of para-hydroxylation sites is 1. The van der Waals surface area contributed by atoms with Gasteiger partial charge in [-0.15, -0.1) is 0 Å². The van der Waals surface area contributed by atoms with Gasteiger partial charge >= 0.3 is 0 Å². The van der Waals surface area contributed by atoms with E-state index in [0.29, 0.717) is 32.1 Å². The zero-order valence-electron chi connectivity index (χ0n) is 16.1. The summed E-state index contributed by atoms with van der Waals surface area (Å²) in [5.41, 5.74) is 2.34. The van der Waals surface area contributed by atoms with Crippen LogP contribution in [0.25, 0.3) is 6.08 Å². The highest BCUT2D eigenvalue weighted by Gasteiger charge is 2.12. The molecule has 0 heterocycles. The Morgan fingerprint density at radius 1 is 1.10 bits per heavy atom. The molecule has 152 valence electrons. The number of nitrogens with one attached hydrogen (secondary N) is 1. The van der Waals surface area contributed by atoms with E-state index in [0.717, 1.165) is 5.56 Å². The maximum atomic E-state index is 12.4. The van der Waals surface area contributed by atoms with E-state index in [1.165, 1.54) is 6.08 Å². The van der Waals surface area contributed by atoms with E-state index in [-0.39, 0.29) is 12.2 Å². The molecule has 3 rings (SSSR count). The van der Waals surface area contributed by atoms with Gasteiger partial charge in [0.15, 0.2) is 0 Å². The first-order valence-electron chi connectivity index (χ1n) is 9.10. The number of anilines is 1. The molecule has 31 heavy (non-hydrogen) atoms. The Bertz CT molecular complexity index is 1240. The Labute approximate surface area is 193 Å². The second-order valence-electron chi connectivity index (χ2n) is 6.35. The lowest BCUT2D eigenvalue weighted by Gasteiger charge is -2.10. The molecule has 0 aliphatic heterocycles. The summed E-state index contributed by atoms with van der Waals surface area (Å²) in [4.78, 5) is 12.4. The first kappa shape index (κ1) is 22.1. The monoisotopic (exact) mass is 491 g/mol. The van der Waals surface area contributed by atoms with Gasteiger partial charge in [0.05, 0.1) is 26.8 Å². The molecular formula is C24H15BrClN3O2. The van der Waals surface area contributed by atoms with Gasteiger partial charge in [0.1, 0.15) is 24.0 Å². The van der Waals surface area contributed by atoms with Crippen LogP contribution < -0.4 is 10.1 Å². The van der Waals surface area contributed by atoms with Crippen molar-refractivity contribution < 1.29 is 9.53 Å². The molecule has 0 unspecified atom stereocenters. The minimum absolute atomic E-state index is 0.0663. The fourth-order valence-corrected chi connectivity index (χ4v) is 3.40. The molecule has 0 fully saturated rings. The Kier molecular flexibility index (Phi) is 7.45. The first-order chi connectivity index (χ1) is 15.0. The van der Waals surface area contributed by atoms with Gasteiger partial charge < -0.3 is 10.1 Å². The van der Waals surface area contributed by atoms with Crippen molar-refractivity contribution in [3.05, 3.63) is 98.5 Å². The Balaban J connectivity index is 1.74. The number of rotatable bonds is 6. The van der Waals surface area contributed by atoms with Gasteiger partial charge in [-0.25, -0.2) is 0 Å². The third kappa shape index (κ3) is 5.73. The molecule has 0 aromatic heterocycles. The van der Waals surface area contributed by atoms with Crippen molar-refractivity contribution in [2.24, 2.45) is 0 Å². The third-order valence-electron chi connectivity index (χ3n) is 4.28. The van der Waals surface area contributed by atoms with Crippen LogP contribution in [0.4, 0.5) is 5.69 Å².